The van der Waals surface area contributed by atoms with Gasteiger partial charge in [-0.3, -0.25) is 9.78 Å². The fourth-order valence-corrected chi connectivity index (χ4v) is 1.68. The monoisotopic (exact) mass is 306 g/mol. The largest absolute Gasteiger partial charge is 1.00 e. The Balaban J connectivity index is 0.00000162. The Kier molecular flexibility index (Phi) is 5.16. The molecule has 0 saturated carbocycles. The predicted molar refractivity (Wildman–Crippen MR) is 64.7 cm³/mol. The van der Waals surface area contributed by atoms with E-state index in [1.54, 1.807) is 24.5 Å². The van der Waals surface area contributed by atoms with Crippen molar-refractivity contribution in [1.29, 1.82) is 0 Å². The standard InChI is InChI=1S/C14H15N2O.BrH/c1-11-5-6-12(2)16(9-11)10-14(17)13-4-3-7-15-8-13;/h3-9H,10H2,1-2H3;1H/q+1;/p-1. The lowest BCUT2D eigenvalue weighted by Gasteiger charge is -2.01. The average Bonchev–Trinajstić information content (AvgIpc) is 2.35. The van der Waals surface area contributed by atoms with E-state index in [-0.39, 0.29) is 22.8 Å². The molecule has 2 aromatic rings. The molecule has 0 aliphatic rings. The quantitative estimate of drug-likeness (QED) is 0.531. The highest BCUT2D eigenvalue weighted by Gasteiger charge is 2.14. The van der Waals surface area contributed by atoms with Crippen LogP contribution in [0.3, 0.4) is 0 Å². The van der Waals surface area contributed by atoms with Gasteiger partial charge in [-0.2, -0.15) is 4.57 Å². The normalized spacial score (nSPS) is 9.67. The minimum absolute atomic E-state index is 0. The number of hydrogen-bond acceptors (Lipinski definition) is 2. The molecule has 2 aromatic heterocycles. The van der Waals surface area contributed by atoms with E-state index in [4.69, 9.17) is 0 Å². The lowest BCUT2D eigenvalue weighted by molar-refractivity contribution is -0.689. The van der Waals surface area contributed by atoms with Gasteiger partial charge in [0.05, 0.1) is 0 Å². The molecule has 0 spiro atoms. The van der Waals surface area contributed by atoms with Gasteiger partial charge in [-0.1, -0.05) is 0 Å². The number of carbonyl (C=O) groups is 1. The molecule has 2 rings (SSSR count). The zero-order valence-electron chi connectivity index (χ0n) is 10.4. The number of pyridine rings is 2. The first kappa shape index (κ1) is 14.5. The van der Waals surface area contributed by atoms with Crippen LogP contribution in [0.1, 0.15) is 21.6 Å². The fourth-order valence-electron chi connectivity index (χ4n) is 1.68. The molecule has 4 heteroatoms. The van der Waals surface area contributed by atoms with Crippen LogP contribution in [0.4, 0.5) is 0 Å². The van der Waals surface area contributed by atoms with Crippen LogP contribution < -0.4 is 21.5 Å². The topological polar surface area (TPSA) is 33.8 Å². The van der Waals surface area contributed by atoms with Crippen molar-refractivity contribution in [1.82, 2.24) is 4.98 Å². The Morgan fingerprint density at radius 3 is 2.72 bits per heavy atom. The van der Waals surface area contributed by atoms with Gasteiger partial charge < -0.3 is 17.0 Å². The van der Waals surface area contributed by atoms with Crippen molar-refractivity contribution in [3.63, 3.8) is 0 Å². The number of ketones is 1. The molecule has 0 aromatic carbocycles. The molecule has 3 nitrogen and oxygen atoms in total. The Morgan fingerprint density at radius 2 is 2.06 bits per heavy atom. The van der Waals surface area contributed by atoms with Gasteiger partial charge in [0.15, 0.2) is 11.9 Å². The Bertz CT molecular complexity index is 541. The van der Waals surface area contributed by atoms with Crippen molar-refractivity contribution in [3.05, 3.63) is 59.7 Å². The summed E-state index contributed by atoms with van der Waals surface area (Å²) in [7, 11) is 0. The lowest BCUT2D eigenvalue weighted by Crippen LogP contribution is -3.00. The van der Waals surface area contributed by atoms with Gasteiger partial charge in [0.2, 0.25) is 12.3 Å². The van der Waals surface area contributed by atoms with Gasteiger partial charge in [-0.05, 0) is 25.1 Å². The minimum atomic E-state index is 0. The van der Waals surface area contributed by atoms with Crippen LogP contribution >= 0.6 is 0 Å². The summed E-state index contributed by atoms with van der Waals surface area (Å²) in [6.07, 6.45) is 5.26. The van der Waals surface area contributed by atoms with Gasteiger partial charge in [0.1, 0.15) is 0 Å². The van der Waals surface area contributed by atoms with Gasteiger partial charge in [0.25, 0.3) is 0 Å². The molecule has 0 N–H and O–H groups in total. The molecule has 0 fully saturated rings. The van der Waals surface area contributed by atoms with E-state index in [1.165, 1.54) is 0 Å². The van der Waals surface area contributed by atoms with Crippen LogP contribution in [-0.4, -0.2) is 10.8 Å². The summed E-state index contributed by atoms with van der Waals surface area (Å²) in [5.41, 5.74) is 2.88. The number of hydrogen-bond donors (Lipinski definition) is 0. The maximum absolute atomic E-state index is 12.0. The number of aryl methyl sites for hydroxylation is 2. The van der Waals surface area contributed by atoms with E-state index < -0.39 is 0 Å². The molecule has 94 valence electrons. The van der Waals surface area contributed by atoms with E-state index in [9.17, 15) is 4.79 Å². The lowest BCUT2D eigenvalue weighted by atomic mass is 10.2. The molecule has 0 aliphatic carbocycles. The van der Waals surface area contributed by atoms with Crippen molar-refractivity contribution >= 4 is 5.78 Å². The second kappa shape index (κ2) is 6.40. The highest BCUT2D eigenvalue weighted by atomic mass is 79.9. The molecule has 0 bridgehead atoms. The smallest absolute Gasteiger partial charge is 0.229 e. The number of rotatable bonds is 3. The van der Waals surface area contributed by atoms with Crippen molar-refractivity contribution in [2.75, 3.05) is 0 Å². The van der Waals surface area contributed by atoms with Crippen LogP contribution in [0.15, 0.2) is 42.9 Å². The van der Waals surface area contributed by atoms with Gasteiger partial charge in [-0.15, -0.1) is 0 Å². The molecule has 0 aliphatic heterocycles. The van der Waals surface area contributed by atoms with E-state index in [0.29, 0.717) is 12.1 Å². The van der Waals surface area contributed by atoms with Crippen LogP contribution in [-0.2, 0) is 6.54 Å². The van der Waals surface area contributed by atoms with E-state index in [0.717, 1.165) is 11.3 Å². The molecular formula is C14H15BrN2O. The Hall–Kier alpha value is -1.55. The van der Waals surface area contributed by atoms with Gasteiger partial charge in [0, 0.05) is 36.5 Å². The number of aromatic nitrogens is 2. The van der Waals surface area contributed by atoms with Crippen molar-refractivity contribution in [2.45, 2.75) is 20.4 Å². The Labute approximate surface area is 117 Å². The zero-order chi connectivity index (χ0) is 12.3. The number of carbonyl (C=O) groups excluding carboxylic acids is 1. The molecule has 0 unspecified atom stereocenters. The summed E-state index contributed by atoms with van der Waals surface area (Å²) in [5.74, 6) is 0.0804. The van der Waals surface area contributed by atoms with Crippen LogP contribution in [0.2, 0.25) is 0 Å². The van der Waals surface area contributed by atoms with E-state index in [2.05, 4.69) is 4.98 Å². The first-order valence-corrected chi connectivity index (χ1v) is 5.57. The molecule has 18 heavy (non-hydrogen) atoms. The molecule has 0 amide bonds. The number of Topliss-reactive ketones (excluding diaryl/α,β-unsaturated/α-hetero) is 1. The minimum Gasteiger partial charge on any atom is -1.00 e. The second-order valence-corrected chi connectivity index (χ2v) is 4.14. The van der Waals surface area contributed by atoms with Crippen LogP contribution in [0.25, 0.3) is 0 Å². The third kappa shape index (κ3) is 3.47. The molecular weight excluding hydrogens is 292 g/mol. The van der Waals surface area contributed by atoms with Crippen molar-refractivity contribution in [3.8, 4) is 0 Å². The van der Waals surface area contributed by atoms with Crippen molar-refractivity contribution < 1.29 is 26.3 Å². The maximum atomic E-state index is 12.0. The SMILES string of the molecule is Cc1ccc(C)[n+](CC(=O)c2cccnc2)c1.[Br-]. The van der Waals surface area contributed by atoms with Crippen molar-refractivity contribution in [2.24, 2.45) is 0 Å². The summed E-state index contributed by atoms with van der Waals surface area (Å²) in [5, 5.41) is 0. The summed E-state index contributed by atoms with van der Waals surface area (Å²) in [6.45, 7) is 4.37. The Morgan fingerprint density at radius 1 is 1.28 bits per heavy atom. The fraction of sp³-hybridized carbons (Fsp3) is 0.214. The van der Waals surface area contributed by atoms with E-state index >= 15 is 0 Å². The summed E-state index contributed by atoms with van der Waals surface area (Å²) >= 11 is 0. The molecule has 0 saturated heterocycles. The zero-order valence-corrected chi connectivity index (χ0v) is 12.0. The highest BCUT2D eigenvalue weighted by molar-refractivity contribution is 5.94. The maximum Gasteiger partial charge on any atom is 0.229 e. The van der Waals surface area contributed by atoms with Crippen LogP contribution in [0.5, 0.6) is 0 Å². The molecule has 0 atom stereocenters. The van der Waals surface area contributed by atoms with Gasteiger partial charge in [-0.25, -0.2) is 0 Å². The average molecular weight is 307 g/mol. The number of halogens is 1. The predicted octanol–water partition coefficient (Wildman–Crippen LogP) is -1.13. The molecule has 0 radical (unpaired) electrons. The third-order valence-corrected chi connectivity index (χ3v) is 2.70. The summed E-state index contributed by atoms with van der Waals surface area (Å²) in [6, 6.07) is 7.63. The van der Waals surface area contributed by atoms with Gasteiger partial charge >= 0.3 is 0 Å². The van der Waals surface area contributed by atoms with E-state index in [1.807, 2.05) is 36.7 Å². The first-order valence-electron chi connectivity index (χ1n) is 5.57. The highest BCUT2D eigenvalue weighted by Crippen LogP contribution is 2.00. The first-order chi connectivity index (χ1) is 8.16. The number of nitrogens with zero attached hydrogens (tertiary/aromatic N) is 2. The molecule has 2 heterocycles. The third-order valence-electron chi connectivity index (χ3n) is 2.70. The second-order valence-electron chi connectivity index (χ2n) is 4.14. The summed E-state index contributed by atoms with van der Waals surface area (Å²) in [4.78, 5) is 16.0. The van der Waals surface area contributed by atoms with Crippen LogP contribution in [0, 0.1) is 13.8 Å². The summed E-state index contributed by atoms with van der Waals surface area (Å²) < 4.78 is 1.96.